The fraction of sp³-hybridized carbons (Fsp3) is 0.375. The van der Waals surface area contributed by atoms with Crippen LogP contribution in [0.25, 0.3) is 0 Å². The van der Waals surface area contributed by atoms with E-state index in [1.807, 2.05) is 35.0 Å². The number of halogens is 1. The van der Waals surface area contributed by atoms with Gasteiger partial charge in [-0.15, -0.1) is 0 Å². The molecule has 1 aromatic carbocycles. The monoisotopic (exact) mass is 349 g/mol. The predicted molar refractivity (Wildman–Crippen MR) is 87.1 cm³/mol. The van der Waals surface area contributed by atoms with Crippen LogP contribution in [0, 0.1) is 5.41 Å². The molecule has 1 amide bonds. The SMILES string of the molecule is CC(C)(C)C(Cn1ccnc1)NC(=O)c1cccc(Br)c1. The molecule has 0 aliphatic rings. The molecule has 0 aliphatic carbocycles. The number of amides is 1. The first kappa shape index (κ1) is 15.8. The van der Waals surface area contributed by atoms with Crippen LogP contribution in [0.15, 0.2) is 47.5 Å². The van der Waals surface area contributed by atoms with Crippen molar-refractivity contribution in [1.82, 2.24) is 14.9 Å². The van der Waals surface area contributed by atoms with Crippen molar-refractivity contribution in [2.45, 2.75) is 33.4 Å². The van der Waals surface area contributed by atoms with E-state index in [9.17, 15) is 4.79 Å². The van der Waals surface area contributed by atoms with Gasteiger partial charge in [0.25, 0.3) is 5.91 Å². The average Bonchev–Trinajstić information content (AvgIpc) is 2.89. The lowest BCUT2D eigenvalue weighted by Crippen LogP contribution is -2.46. The van der Waals surface area contributed by atoms with E-state index in [4.69, 9.17) is 0 Å². The van der Waals surface area contributed by atoms with Gasteiger partial charge in [-0.2, -0.15) is 0 Å². The Bertz CT molecular complexity index is 602. The Balaban J connectivity index is 2.13. The molecule has 1 heterocycles. The van der Waals surface area contributed by atoms with Crippen LogP contribution in [0.3, 0.4) is 0 Å². The van der Waals surface area contributed by atoms with Crippen molar-refractivity contribution in [3.63, 3.8) is 0 Å². The van der Waals surface area contributed by atoms with Crippen LogP contribution in [0.1, 0.15) is 31.1 Å². The maximum atomic E-state index is 12.4. The Kier molecular flexibility index (Phi) is 4.83. The van der Waals surface area contributed by atoms with Gasteiger partial charge < -0.3 is 9.88 Å². The summed E-state index contributed by atoms with van der Waals surface area (Å²) in [7, 11) is 0. The molecular weight excluding hydrogens is 330 g/mol. The lowest BCUT2D eigenvalue weighted by atomic mass is 9.86. The summed E-state index contributed by atoms with van der Waals surface area (Å²) in [5, 5.41) is 3.13. The minimum Gasteiger partial charge on any atom is -0.347 e. The van der Waals surface area contributed by atoms with Gasteiger partial charge >= 0.3 is 0 Å². The summed E-state index contributed by atoms with van der Waals surface area (Å²) >= 11 is 3.39. The Morgan fingerprint density at radius 2 is 2.19 bits per heavy atom. The summed E-state index contributed by atoms with van der Waals surface area (Å²) in [5.41, 5.74) is 0.607. The number of carbonyl (C=O) groups excluding carboxylic acids is 1. The minimum absolute atomic E-state index is 0.0122. The third-order valence-electron chi connectivity index (χ3n) is 3.39. The molecular formula is C16H20BrN3O. The molecule has 0 radical (unpaired) electrons. The van der Waals surface area contributed by atoms with Crippen molar-refractivity contribution in [2.24, 2.45) is 5.41 Å². The van der Waals surface area contributed by atoms with E-state index in [2.05, 4.69) is 47.0 Å². The van der Waals surface area contributed by atoms with Crippen LogP contribution < -0.4 is 5.32 Å². The Morgan fingerprint density at radius 3 is 2.76 bits per heavy atom. The number of aromatic nitrogens is 2. The zero-order valence-corrected chi connectivity index (χ0v) is 14.1. The molecule has 4 nitrogen and oxygen atoms in total. The van der Waals surface area contributed by atoms with Gasteiger partial charge in [0.05, 0.1) is 12.4 Å². The van der Waals surface area contributed by atoms with Crippen LogP contribution in [0.4, 0.5) is 0 Å². The summed E-state index contributed by atoms with van der Waals surface area (Å²) in [6.45, 7) is 7.06. The number of benzene rings is 1. The van der Waals surface area contributed by atoms with Crippen LogP contribution in [-0.2, 0) is 6.54 Å². The zero-order valence-electron chi connectivity index (χ0n) is 12.5. The standard InChI is InChI=1S/C16H20BrN3O/c1-16(2,3)14(10-20-8-7-18-11-20)19-15(21)12-5-4-6-13(17)9-12/h4-9,11,14H,10H2,1-3H3,(H,19,21). The molecule has 2 rings (SSSR count). The first-order valence-corrected chi connectivity index (χ1v) is 7.68. The molecule has 0 spiro atoms. The van der Waals surface area contributed by atoms with Crippen molar-refractivity contribution in [3.8, 4) is 0 Å². The lowest BCUT2D eigenvalue weighted by Gasteiger charge is -2.31. The van der Waals surface area contributed by atoms with Gasteiger partial charge in [0, 0.05) is 29.0 Å². The van der Waals surface area contributed by atoms with E-state index < -0.39 is 0 Å². The van der Waals surface area contributed by atoms with Crippen molar-refractivity contribution in [1.29, 1.82) is 0 Å². The average molecular weight is 350 g/mol. The second-order valence-electron chi connectivity index (χ2n) is 6.16. The molecule has 21 heavy (non-hydrogen) atoms. The van der Waals surface area contributed by atoms with E-state index >= 15 is 0 Å². The maximum absolute atomic E-state index is 12.4. The predicted octanol–water partition coefficient (Wildman–Crippen LogP) is 3.49. The molecule has 2 aromatic rings. The maximum Gasteiger partial charge on any atom is 0.251 e. The van der Waals surface area contributed by atoms with E-state index in [-0.39, 0.29) is 17.4 Å². The van der Waals surface area contributed by atoms with Crippen LogP contribution in [-0.4, -0.2) is 21.5 Å². The molecule has 0 bridgehead atoms. The molecule has 5 heteroatoms. The first-order valence-electron chi connectivity index (χ1n) is 6.88. The summed E-state index contributed by atoms with van der Waals surface area (Å²) in [4.78, 5) is 16.5. The number of carbonyl (C=O) groups is 1. The first-order chi connectivity index (χ1) is 9.86. The number of hydrogen-bond donors (Lipinski definition) is 1. The largest absolute Gasteiger partial charge is 0.347 e. The normalized spacial score (nSPS) is 13.0. The summed E-state index contributed by atoms with van der Waals surface area (Å²) in [6, 6.07) is 7.42. The highest BCUT2D eigenvalue weighted by Crippen LogP contribution is 2.21. The van der Waals surface area contributed by atoms with Crippen LogP contribution >= 0.6 is 15.9 Å². The van der Waals surface area contributed by atoms with Crippen molar-refractivity contribution < 1.29 is 4.79 Å². The third-order valence-corrected chi connectivity index (χ3v) is 3.88. The fourth-order valence-corrected chi connectivity index (χ4v) is 2.41. The highest BCUT2D eigenvalue weighted by atomic mass is 79.9. The van der Waals surface area contributed by atoms with E-state index in [0.29, 0.717) is 12.1 Å². The number of hydrogen-bond acceptors (Lipinski definition) is 2. The van der Waals surface area contributed by atoms with Gasteiger partial charge in [-0.3, -0.25) is 4.79 Å². The van der Waals surface area contributed by atoms with E-state index in [0.717, 1.165) is 4.47 Å². The molecule has 1 unspecified atom stereocenters. The quantitative estimate of drug-likeness (QED) is 0.918. The number of imidazole rings is 1. The van der Waals surface area contributed by atoms with Gasteiger partial charge in [-0.05, 0) is 23.6 Å². The molecule has 1 N–H and O–H groups in total. The molecule has 112 valence electrons. The minimum atomic E-state index is -0.0589. The molecule has 0 aliphatic heterocycles. The molecule has 1 atom stereocenters. The van der Waals surface area contributed by atoms with Gasteiger partial charge in [0.15, 0.2) is 0 Å². The topological polar surface area (TPSA) is 46.9 Å². The van der Waals surface area contributed by atoms with Crippen LogP contribution in [0.5, 0.6) is 0 Å². The number of nitrogens with zero attached hydrogens (tertiary/aromatic N) is 2. The summed E-state index contributed by atoms with van der Waals surface area (Å²) in [6.07, 6.45) is 5.42. The van der Waals surface area contributed by atoms with Gasteiger partial charge in [0.1, 0.15) is 0 Å². The van der Waals surface area contributed by atoms with Crippen LogP contribution in [0.2, 0.25) is 0 Å². The molecule has 0 fully saturated rings. The zero-order chi connectivity index (χ0) is 15.5. The Morgan fingerprint density at radius 1 is 1.43 bits per heavy atom. The molecule has 1 aromatic heterocycles. The fourth-order valence-electron chi connectivity index (χ4n) is 2.01. The van der Waals surface area contributed by atoms with Gasteiger partial charge in [-0.1, -0.05) is 42.8 Å². The summed E-state index contributed by atoms with van der Waals surface area (Å²) < 4.78 is 2.88. The van der Waals surface area contributed by atoms with Gasteiger partial charge in [-0.25, -0.2) is 4.98 Å². The number of rotatable bonds is 4. The Hall–Kier alpha value is -1.62. The third kappa shape index (κ3) is 4.43. The van der Waals surface area contributed by atoms with Crippen molar-refractivity contribution >= 4 is 21.8 Å². The Labute approximate surface area is 133 Å². The highest BCUT2D eigenvalue weighted by molar-refractivity contribution is 9.10. The smallest absolute Gasteiger partial charge is 0.251 e. The second kappa shape index (κ2) is 6.43. The van der Waals surface area contributed by atoms with Crippen molar-refractivity contribution in [2.75, 3.05) is 0 Å². The van der Waals surface area contributed by atoms with Gasteiger partial charge in [0.2, 0.25) is 0 Å². The summed E-state index contributed by atoms with van der Waals surface area (Å²) in [5.74, 6) is -0.0589. The van der Waals surface area contributed by atoms with E-state index in [1.54, 1.807) is 12.5 Å². The highest BCUT2D eigenvalue weighted by Gasteiger charge is 2.27. The van der Waals surface area contributed by atoms with E-state index in [1.165, 1.54) is 0 Å². The number of nitrogens with one attached hydrogen (secondary N) is 1. The second-order valence-corrected chi connectivity index (χ2v) is 7.08. The molecule has 0 saturated carbocycles. The molecule has 0 saturated heterocycles. The van der Waals surface area contributed by atoms with Crippen molar-refractivity contribution in [3.05, 3.63) is 53.0 Å². The lowest BCUT2D eigenvalue weighted by molar-refractivity contribution is 0.0892.